The number of nitrogens with one attached hydrogen (secondary N) is 2. The predicted octanol–water partition coefficient (Wildman–Crippen LogP) is 2.25. The maximum atomic E-state index is 12.5. The van der Waals surface area contributed by atoms with Crippen molar-refractivity contribution in [1.29, 1.82) is 0 Å². The first-order valence-electron chi connectivity index (χ1n) is 9.35. The zero-order chi connectivity index (χ0) is 20.6. The average Bonchev–Trinajstić information content (AvgIpc) is 3.19. The Hall–Kier alpha value is -2.91. The van der Waals surface area contributed by atoms with E-state index >= 15 is 0 Å². The van der Waals surface area contributed by atoms with E-state index in [4.69, 9.17) is 9.47 Å². The van der Waals surface area contributed by atoms with Crippen LogP contribution in [-0.2, 0) is 14.3 Å². The summed E-state index contributed by atoms with van der Waals surface area (Å²) in [5.41, 5.74) is 1.94. The summed E-state index contributed by atoms with van der Waals surface area (Å²) in [4.78, 5) is 38.2. The normalized spacial score (nSPS) is 13.6. The first kappa shape index (κ1) is 20.8. The molecule has 8 nitrogen and oxygen atoms in total. The minimum Gasteiger partial charge on any atom is -0.451 e. The van der Waals surface area contributed by atoms with Crippen LogP contribution in [0.2, 0.25) is 0 Å². The lowest BCUT2D eigenvalue weighted by Crippen LogP contribution is -2.41. The molecule has 1 aromatic carbocycles. The number of urea groups is 1. The molecule has 0 bridgehead atoms. The van der Waals surface area contributed by atoms with Gasteiger partial charge in [0.15, 0.2) is 6.61 Å². The Kier molecular flexibility index (Phi) is 7.20. The summed E-state index contributed by atoms with van der Waals surface area (Å²) in [6.07, 6.45) is 0. The number of anilines is 1. The van der Waals surface area contributed by atoms with Crippen molar-refractivity contribution in [2.45, 2.75) is 6.92 Å². The zero-order valence-corrected chi connectivity index (χ0v) is 16.9. The molecule has 1 saturated heterocycles. The number of hydrogen-bond donors (Lipinski definition) is 2. The molecule has 154 valence electrons. The third-order valence-electron chi connectivity index (χ3n) is 4.22. The highest BCUT2D eigenvalue weighted by Gasteiger charge is 2.23. The van der Waals surface area contributed by atoms with Crippen molar-refractivity contribution in [3.05, 3.63) is 41.3 Å². The van der Waals surface area contributed by atoms with Gasteiger partial charge >= 0.3 is 12.0 Å². The van der Waals surface area contributed by atoms with E-state index in [-0.39, 0.29) is 0 Å². The van der Waals surface area contributed by atoms with E-state index in [0.717, 1.165) is 29.2 Å². The number of morpholine rings is 1. The number of thiophene rings is 1. The van der Waals surface area contributed by atoms with Gasteiger partial charge in [-0.25, -0.2) is 9.59 Å². The molecule has 3 rings (SSSR count). The minimum absolute atomic E-state index is 0.390. The van der Waals surface area contributed by atoms with Gasteiger partial charge in [0, 0.05) is 25.2 Å². The summed E-state index contributed by atoms with van der Waals surface area (Å²) in [6, 6.07) is 11.0. The molecule has 0 unspecified atom stereocenters. The molecule has 0 aliphatic carbocycles. The van der Waals surface area contributed by atoms with Crippen LogP contribution in [0.25, 0.3) is 11.1 Å². The fourth-order valence-corrected chi connectivity index (χ4v) is 4.00. The number of nitrogens with zero attached hydrogens (tertiary/aromatic N) is 1. The summed E-state index contributed by atoms with van der Waals surface area (Å²) >= 11 is 1.33. The van der Waals surface area contributed by atoms with Crippen molar-refractivity contribution in [2.24, 2.45) is 0 Å². The molecular weight excluding hydrogens is 394 g/mol. The van der Waals surface area contributed by atoms with E-state index in [1.165, 1.54) is 11.3 Å². The molecule has 1 aliphatic heterocycles. The van der Waals surface area contributed by atoms with Crippen molar-refractivity contribution >= 4 is 34.2 Å². The Morgan fingerprint density at radius 3 is 2.59 bits per heavy atom. The number of hydrogen-bond acceptors (Lipinski definition) is 7. The van der Waals surface area contributed by atoms with Gasteiger partial charge in [-0.3, -0.25) is 10.1 Å². The molecule has 2 N–H and O–H groups in total. The summed E-state index contributed by atoms with van der Waals surface area (Å²) < 4.78 is 10.5. The van der Waals surface area contributed by atoms with Crippen LogP contribution in [0.3, 0.4) is 0 Å². The van der Waals surface area contributed by atoms with E-state index in [1.807, 2.05) is 30.3 Å². The third-order valence-corrected chi connectivity index (χ3v) is 5.40. The standard InChI is InChI=1S/C20H23N3O5S/c1-2-21-20(26)22-17(24)13-28-19(25)16-12-15(14-6-4-3-5-7-14)18(29-16)23-8-10-27-11-9-23/h3-7,12H,2,8-11,13H2,1H3,(H2,21,22,24,26). The van der Waals surface area contributed by atoms with Crippen LogP contribution in [0.1, 0.15) is 16.6 Å². The molecule has 2 aromatic rings. The Morgan fingerprint density at radius 2 is 1.90 bits per heavy atom. The van der Waals surface area contributed by atoms with E-state index in [9.17, 15) is 14.4 Å². The van der Waals surface area contributed by atoms with Crippen LogP contribution in [-0.4, -0.2) is 57.4 Å². The van der Waals surface area contributed by atoms with Gasteiger partial charge in [-0.05, 0) is 18.6 Å². The van der Waals surface area contributed by atoms with Crippen molar-refractivity contribution in [3.8, 4) is 11.1 Å². The number of ether oxygens (including phenoxy) is 2. The van der Waals surface area contributed by atoms with Crippen molar-refractivity contribution < 1.29 is 23.9 Å². The Bertz CT molecular complexity index is 862. The maximum absolute atomic E-state index is 12.5. The van der Waals surface area contributed by atoms with Gasteiger partial charge in [0.2, 0.25) is 0 Å². The topological polar surface area (TPSA) is 97.0 Å². The lowest BCUT2D eigenvalue weighted by atomic mass is 10.1. The fourth-order valence-electron chi connectivity index (χ4n) is 2.88. The van der Waals surface area contributed by atoms with Gasteiger partial charge in [0.05, 0.1) is 18.2 Å². The quantitative estimate of drug-likeness (QED) is 0.700. The third kappa shape index (κ3) is 5.55. The van der Waals surface area contributed by atoms with E-state index in [1.54, 1.807) is 13.0 Å². The number of carbonyl (C=O) groups excluding carboxylic acids is 3. The number of imide groups is 1. The summed E-state index contributed by atoms with van der Waals surface area (Å²) in [5.74, 6) is -1.28. The van der Waals surface area contributed by atoms with Gasteiger partial charge in [-0.2, -0.15) is 0 Å². The first-order chi connectivity index (χ1) is 14.1. The summed E-state index contributed by atoms with van der Waals surface area (Å²) in [5, 5.41) is 5.50. The number of carbonyl (C=O) groups is 3. The lowest BCUT2D eigenvalue weighted by Gasteiger charge is -2.28. The smallest absolute Gasteiger partial charge is 0.348 e. The predicted molar refractivity (Wildman–Crippen MR) is 110 cm³/mol. The van der Waals surface area contributed by atoms with Gasteiger partial charge in [-0.15, -0.1) is 11.3 Å². The van der Waals surface area contributed by atoms with Gasteiger partial charge < -0.3 is 19.7 Å². The molecule has 1 fully saturated rings. The van der Waals surface area contributed by atoms with Crippen LogP contribution < -0.4 is 15.5 Å². The lowest BCUT2D eigenvalue weighted by molar-refractivity contribution is -0.123. The van der Waals surface area contributed by atoms with Gasteiger partial charge in [0.25, 0.3) is 5.91 Å². The second kappa shape index (κ2) is 10.0. The van der Waals surface area contributed by atoms with Gasteiger partial charge in [-0.1, -0.05) is 30.3 Å². The highest BCUT2D eigenvalue weighted by molar-refractivity contribution is 7.18. The highest BCUT2D eigenvalue weighted by atomic mass is 32.1. The molecule has 1 aliphatic rings. The van der Waals surface area contributed by atoms with E-state index in [0.29, 0.717) is 24.6 Å². The van der Waals surface area contributed by atoms with Crippen molar-refractivity contribution in [1.82, 2.24) is 10.6 Å². The molecule has 0 radical (unpaired) electrons. The molecule has 0 spiro atoms. The Balaban J connectivity index is 1.73. The fraction of sp³-hybridized carbons (Fsp3) is 0.350. The molecular formula is C20H23N3O5S. The molecule has 3 amide bonds. The number of esters is 1. The SMILES string of the molecule is CCNC(=O)NC(=O)COC(=O)c1cc(-c2ccccc2)c(N2CCOCC2)s1. The monoisotopic (exact) mass is 417 g/mol. The molecule has 0 atom stereocenters. The van der Waals surface area contributed by atoms with Gasteiger partial charge in [0.1, 0.15) is 4.88 Å². The number of benzene rings is 1. The molecule has 29 heavy (non-hydrogen) atoms. The zero-order valence-electron chi connectivity index (χ0n) is 16.1. The van der Waals surface area contributed by atoms with Crippen molar-refractivity contribution in [3.63, 3.8) is 0 Å². The number of amides is 3. The van der Waals surface area contributed by atoms with Crippen molar-refractivity contribution in [2.75, 3.05) is 44.4 Å². The molecule has 1 aromatic heterocycles. The van der Waals surface area contributed by atoms with E-state index < -0.39 is 24.5 Å². The van der Waals surface area contributed by atoms with Crippen LogP contribution >= 0.6 is 11.3 Å². The second-order valence-corrected chi connectivity index (χ2v) is 7.31. The van der Waals surface area contributed by atoms with Crippen LogP contribution in [0.5, 0.6) is 0 Å². The van der Waals surface area contributed by atoms with Crippen LogP contribution in [0, 0.1) is 0 Å². The molecule has 2 heterocycles. The minimum atomic E-state index is -0.683. The summed E-state index contributed by atoms with van der Waals surface area (Å²) in [7, 11) is 0. The highest BCUT2D eigenvalue weighted by Crippen LogP contribution is 2.39. The molecule has 0 saturated carbocycles. The van der Waals surface area contributed by atoms with E-state index in [2.05, 4.69) is 15.5 Å². The average molecular weight is 417 g/mol. The Labute approximate surface area is 172 Å². The largest absolute Gasteiger partial charge is 0.451 e. The second-order valence-electron chi connectivity index (χ2n) is 6.28. The molecule has 9 heteroatoms. The first-order valence-corrected chi connectivity index (χ1v) is 10.2. The van der Waals surface area contributed by atoms with Crippen LogP contribution in [0.4, 0.5) is 9.80 Å². The van der Waals surface area contributed by atoms with Crippen LogP contribution in [0.15, 0.2) is 36.4 Å². The maximum Gasteiger partial charge on any atom is 0.348 e. The Morgan fingerprint density at radius 1 is 1.17 bits per heavy atom. The summed E-state index contributed by atoms with van der Waals surface area (Å²) in [6.45, 7) is 4.34. The number of rotatable bonds is 6.